The largest absolute Gasteiger partial charge is 0.493 e. The highest BCUT2D eigenvalue weighted by Gasteiger charge is 2.12. The van der Waals surface area contributed by atoms with E-state index in [9.17, 15) is 4.79 Å². The highest BCUT2D eigenvalue weighted by atomic mass is 16.5. The molecule has 0 N–H and O–H groups in total. The summed E-state index contributed by atoms with van der Waals surface area (Å²) in [6.07, 6.45) is 1.46. The van der Waals surface area contributed by atoms with Gasteiger partial charge in [0.05, 0.1) is 19.8 Å². The number of methoxy groups -OCH3 is 2. The smallest absolute Gasteiger partial charge is 0.337 e. The number of aromatic nitrogens is 1. The fraction of sp³-hybridized carbons (Fsp3) is 0.231. The summed E-state index contributed by atoms with van der Waals surface area (Å²) >= 11 is 0. The van der Waals surface area contributed by atoms with E-state index in [1.54, 1.807) is 24.3 Å². The lowest BCUT2D eigenvalue weighted by Gasteiger charge is -2.10. The molecule has 0 saturated carbocycles. The van der Waals surface area contributed by atoms with Crippen molar-refractivity contribution >= 4 is 5.97 Å². The average Bonchev–Trinajstić information content (AvgIpc) is 2.97. The predicted molar refractivity (Wildman–Crippen MR) is 65.2 cm³/mol. The van der Waals surface area contributed by atoms with Gasteiger partial charge in [-0.05, 0) is 18.2 Å². The van der Waals surface area contributed by atoms with Crippen molar-refractivity contribution in [1.29, 1.82) is 0 Å². The molecular formula is C13H13NO5. The quantitative estimate of drug-likeness (QED) is 0.769. The van der Waals surface area contributed by atoms with Gasteiger partial charge in [0.25, 0.3) is 0 Å². The van der Waals surface area contributed by atoms with Crippen LogP contribution in [0.5, 0.6) is 11.5 Å². The molecule has 1 heterocycles. The molecule has 0 spiro atoms. The van der Waals surface area contributed by atoms with Crippen molar-refractivity contribution in [3.05, 3.63) is 41.8 Å². The minimum atomic E-state index is -0.436. The zero-order valence-electron chi connectivity index (χ0n) is 10.6. The molecule has 2 rings (SSSR count). The van der Waals surface area contributed by atoms with Crippen LogP contribution >= 0.6 is 0 Å². The maximum Gasteiger partial charge on any atom is 0.337 e. The van der Waals surface area contributed by atoms with E-state index in [1.165, 1.54) is 20.5 Å². The third-order valence-corrected chi connectivity index (χ3v) is 2.45. The Morgan fingerprint density at radius 3 is 2.74 bits per heavy atom. The molecule has 6 nitrogen and oxygen atoms in total. The Bertz CT molecular complexity index is 550. The Balaban J connectivity index is 2.18. The lowest BCUT2D eigenvalue weighted by atomic mass is 10.2. The van der Waals surface area contributed by atoms with Crippen LogP contribution in [-0.4, -0.2) is 25.3 Å². The van der Waals surface area contributed by atoms with Crippen LogP contribution in [-0.2, 0) is 11.3 Å². The molecular weight excluding hydrogens is 250 g/mol. The molecule has 0 aliphatic rings. The normalized spacial score (nSPS) is 10.0. The van der Waals surface area contributed by atoms with Gasteiger partial charge in [0.15, 0.2) is 11.5 Å². The van der Waals surface area contributed by atoms with Crippen LogP contribution in [0.25, 0.3) is 0 Å². The number of esters is 1. The Morgan fingerprint density at radius 1 is 1.26 bits per heavy atom. The monoisotopic (exact) mass is 263 g/mol. The van der Waals surface area contributed by atoms with Gasteiger partial charge in [-0.2, -0.15) is 0 Å². The van der Waals surface area contributed by atoms with E-state index in [4.69, 9.17) is 14.0 Å². The fourth-order valence-electron chi connectivity index (χ4n) is 1.50. The molecule has 1 aromatic carbocycles. The minimum Gasteiger partial charge on any atom is -0.493 e. The molecule has 0 aliphatic heterocycles. The van der Waals surface area contributed by atoms with Crippen molar-refractivity contribution in [2.24, 2.45) is 0 Å². The van der Waals surface area contributed by atoms with Crippen molar-refractivity contribution in [1.82, 2.24) is 5.16 Å². The number of ether oxygens (including phenoxy) is 3. The van der Waals surface area contributed by atoms with Gasteiger partial charge in [0.2, 0.25) is 0 Å². The first-order valence-electron chi connectivity index (χ1n) is 5.53. The summed E-state index contributed by atoms with van der Waals surface area (Å²) in [5.74, 6) is 0.526. The summed E-state index contributed by atoms with van der Waals surface area (Å²) in [5, 5.41) is 3.73. The Labute approximate surface area is 109 Å². The number of carbonyl (C=O) groups is 1. The first kappa shape index (κ1) is 12.9. The summed E-state index contributed by atoms with van der Waals surface area (Å²) in [4.78, 5) is 11.5. The number of carbonyl (C=O) groups excluding carboxylic acids is 1. The lowest BCUT2D eigenvalue weighted by molar-refractivity contribution is 0.0600. The van der Waals surface area contributed by atoms with E-state index < -0.39 is 5.97 Å². The van der Waals surface area contributed by atoms with Gasteiger partial charge < -0.3 is 18.7 Å². The van der Waals surface area contributed by atoms with Crippen LogP contribution in [0.3, 0.4) is 0 Å². The van der Waals surface area contributed by atoms with E-state index in [0.29, 0.717) is 22.8 Å². The van der Waals surface area contributed by atoms with Crippen molar-refractivity contribution in [2.45, 2.75) is 6.61 Å². The summed E-state index contributed by atoms with van der Waals surface area (Å²) < 4.78 is 20.1. The molecule has 0 aliphatic carbocycles. The van der Waals surface area contributed by atoms with Crippen LogP contribution in [0, 0.1) is 0 Å². The van der Waals surface area contributed by atoms with Gasteiger partial charge in [0, 0.05) is 6.07 Å². The third kappa shape index (κ3) is 3.04. The van der Waals surface area contributed by atoms with Gasteiger partial charge in [0.1, 0.15) is 18.6 Å². The number of nitrogens with zero attached hydrogens (tertiary/aromatic N) is 1. The molecule has 1 aromatic heterocycles. The van der Waals surface area contributed by atoms with Gasteiger partial charge in [-0.15, -0.1) is 0 Å². The van der Waals surface area contributed by atoms with Crippen LogP contribution in [0.15, 0.2) is 35.1 Å². The molecule has 19 heavy (non-hydrogen) atoms. The molecule has 6 heteroatoms. The molecule has 100 valence electrons. The molecule has 0 bridgehead atoms. The van der Waals surface area contributed by atoms with Crippen LogP contribution in [0.1, 0.15) is 16.1 Å². The number of benzene rings is 1. The van der Waals surface area contributed by atoms with E-state index in [0.717, 1.165) is 0 Å². The topological polar surface area (TPSA) is 70.8 Å². The van der Waals surface area contributed by atoms with Crippen LogP contribution in [0.4, 0.5) is 0 Å². The first-order chi connectivity index (χ1) is 9.24. The van der Waals surface area contributed by atoms with Crippen molar-refractivity contribution < 1.29 is 23.5 Å². The molecule has 0 fully saturated rings. The zero-order chi connectivity index (χ0) is 13.7. The van der Waals surface area contributed by atoms with E-state index in [2.05, 4.69) is 9.89 Å². The SMILES string of the molecule is COC(=O)c1ccc(OC)c(OCc2ccon2)c1. The second-order valence-corrected chi connectivity index (χ2v) is 3.64. The summed E-state index contributed by atoms with van der Waals surface area (Å²) in [6, 6.07) is 6.50. The molecule has 0 saturated heterocycles. The Kier molecular flexibility index (Phi) is 4.02. The third-order valence-electron chi connectivity index (χ3n) is 2.45. The standard InChI is InChI=1S/C13H13NO5/c1-16-11-4-3-9(13(15)17-2)7-12(11)18-8-10-5-6-19-14-10/h3-7H,8H2,1-2H3. The highest BCUT2D eigenvalue weighted by Crippen LogP contribution is 2.29. The lowest BCUT2D eigenvalue weighted by Crippen LogP contribution is -2.03. The van der Waals surface area contributed by atoms with E-state index in [1.807, 2.05) is 0 Å². The van der Waals surface area contributed by atoms with Crippen molar-refractivity contribution in [3.63, 3.8) is 0 Å². The van der Waals surface area contributed by atoms with Gasteiger partial charge in [-0.1, -0.05) is 5.16 Å². The second kappa shape index (κ2) is 5.90. The summed E-state index contributed by atoms with van der Waals surface area (Å²) in [7, 11) is 2.85. The second-order valence-electron chi connectivity index (χ2n) is 3.64. The zero-order valence-corrected chi connectivity index (χ0v) is 10.6. The maximum absolute atomic E-state index is 11.5. The average molecular weight is 263 g/mol. The first-order valence-corrected chi connectivity index (χ1v) is 5.53. The molecule has 0 unspecified atom stereocenters. The van der Waals surface area contributed by atoms with Gasteiger partial charge >= 0.3 is 5.97 Å². The number of hydrogen-bond donors (Lipinski definition) is 0. The molecule has 0 atom stereocenters. The summed E-state index contributed by atoms with van der Waals surface area (Å²) in [6.45, 7) is 0.220. The van der Waals surface area contributed by atoms with Crippen molar-refractivity contribution in [2.75, 3.05) is 14.2 Å². The highest BCUT2D eigenvalue weighted by molar-refractivity contribution is 5.90. The Hall–Kier alpha value is -2.50. The molecule has 2 aromatic rings. The molecule has 0 amide bonds. The fourth-order valence-corrected chi connectivity index (χ4v) is 1.50. The van der Waals surface area contributed by atoms with Crippen LogP contribution < -0.4 is 9.47 Å². The Morgan fingerprint density at radius 2 is 2.11 bits per heavy atom. The predicted octanol–water partition coefficient (Wildman–Crippen LogP) is 2.05. The van der Waals surface area contributed by atoms with Crippen LogP contribution in [0.2, 0.25) is 0 Å². The minimum absolute atomic E-state index is 0.220. The molecule has 0 radical (unpaired) electrons. The number of hydrogen-bond acceptors (Lipinski definition) is 6. The maximum atomic E-state index is 11.5. The van der Waals surface area contributed by atoms with E-state index in [-0.39, 0.29) is 6.61 Å². The summed E-state index contributed by atoms with van der Waals surface area (Å²) in [5.41, 5.74) is 1.03. The van der Waals surface area contributed by atoms with E-state index >= 15 is 0 Å². The van der Waals surface area contributed by atoms with Gasteiger partial charge in [-0.3, -0.25) is 0 Å². The van der Waals surface area contributed by atoms with Crippen molar-refractivity contribution in [3.8, 4) is 11.5 Å². The number of rotatable bonds is 5. The van der Waals surface area contributed by atoms with Gasteiger partial charge in [-0.25, -0.2) is 4.79 Å².